The highest BCUT2D eigenvalue weighted by Crippen LogP contribution is 2.75. The Bertz CT molecular complexity index is 787. The van der Waals surface area contributed by atoms with Crippen molar-refractivity contribution in [3.63, 3.8) is 0 Å². The molecule has 0 heterocycles. The number of carbonyl (C=O) groups is 1. The lowest BCUT2D eigenvalue weighted by molar-refractivity contribution is -0.207. The van der Waals surface area contributed by atoms with Crippen molar-refractivity contribution in [2.45, 2.75) is 125 Å². The molecule has 0 aliphatic heterocycles. The third-order valence-corrected chi connectivity index (χ3v) is 12.1. The van der Waals surface area contributed by atoms with Crippen LogP contribution >= 0.6 is 0 Å². The minimum Gasteiger partial charge on any atom is -0.390 e. The fourth-order valence-corrected chi connectivity index (χ4v) is 10.1. The molecule has 0 aromatic rings. The van der Waals surface area contributed by atoms with Gasteiger partial charge in [-0.3, -0.25) is 4.79 Å². The average Bonchev–Trinajstić information content (AvgIpc) is 3.04. The standard InChI is InChI=1S/C30H50O2/c1-20(2)10-9-16-30(8,32)22-13-18-28(6)21(22)11-12-24-27(5)17-15-25(31)26(3,4)23(27)14-19-29(24,28)7/h10,21-24,32H,9,11-19H2,1-8H3/t21?,22-,23?,24+,27-,28-,29+,30-/m0/s1. The second kappa shape index (κ2) is 7.69. The normalized spacial score (nSPS) is 47.1. The van der Waals surface area contributed by atoms with Gasteiger partial charge < -0.3 is 5.11 Å². The van der Waals surface area contributed by atoms with Gasteiger partial charge in [0, 0.05) is 11.8 Å². The van der Waals surface area contributed by atoms with Crippen LogP contribution in [0.15, 0.2) is 11.6 Å². The van der Waals surface area contributed by atoms with Crippen LogP contribution in [0, 0.1) is 45.3 Å². The number of Topliss-reactive ketones (excluding diaryl/α,β-unsaturated/α-hetero) is 1. The van der Waals surface area contributed by atoms with E-state index in [9.17, 15) is 9.90 Å². The molecule has 0 saturated heterocycles. The van der Waals surface area contributed by atoms with E-state index < -0.39 is 5.60 Å². The smallest absolute Gasteiger partial charge is 0.138 e. The topological polar surface area (TPSA) is 37.3 Å². The van der Waals surface area contributed by atoms with E-state index in [0.29, 0.717) is 40.3 Å². The Morgan fingerprint density at radius 1 is 0.969 bits per heavy atom. The van der Waals surface area contributed by atoms with Gasteiger partial charge in [0.1, 0.15) is 5.78 Å². The molecule has 2 heteroatoms. The number of ketones is 1. The van der Waals surface area contributed by atoms with Crippen LogP contribution in [0.4, 0.5) is 0 Å². The van der Waals surface area contributed by atoms with Crippen molar-refractivity contribution in [1.29, 1.82) is 0 Å². The number of fused-ring (bicyclic) bond motifs is 5. The van der Waals surface area contributed by atoms with Gasteiger partial charge in [-0.1, -0.05) is 46.3 Å². The average molecular weight is 443 g/mol. The van der Waals surface area contributed by atoms with E-state index in [2.05, 4.69) is 61.5 Å². The lowest BCUT2D eigenvalue weighted by Crippen LogP contribution is -2.63. The predicted molar refractivity (Wildman–Crippen MR) is 133 cm³/mol. The minimum absolute atomic E-state index is 0.168. The highest BCUT2D eigenvalue weighted by atomic mass is 16.3. The first-order chi connectivity index (χ1) is 14.7. The lowest BCUT2D eigenvalue weighted by Gasteiger charge is -2.69. The van der Waals surface area contributed by atoms with Gasteiger partial charge in [0.15, 0.2) is 0 Å². The third-order valence-electron chi connectivity index (χ3n) is 12.1. The summed E-state index contributed by atoms with van der Waals surface area (Å²) in [5, 5.41) is 11.6. The van der Waals surface area contributed by atoms with Gasteiger partial charge >= 0.3 is 0 Å². The Balaban J connectivity index is 1.62. The van der Waals surface area contributed by atoms with Gasteiger partial charge in [-0.15, -0.1) is 0 Å². The van der Waals surface area contributed by atoms with Gasteiger partial charge in [-0.25, -0.2) is 0 Å². The number of aliphatic hydroxyl groups is 1. The molecule has 0 aromatic heterocycles. The minimum atomic E-state index is -0.572. The molecule has 4 fully saturated rings. The highest BCUT2D eigenvalue weighted by Gasteiger charge is 2.69. The van der Waals surface area contributed by atoms with Crippen molar-refractivity contribution in [1.82, 2.24) is 0 Å². The first-order valence-electron chi connectivity index (χ1n) is 13.6. The molecular weight excluding hydrogens is 392 g/mol. The molecule has 0 radical (unpaired) electrons. The van der Waals surface area contributed by atoms with Crippen molar-refractivity contribution in [3.05, 3.63) is 11.6 Å². The van der Waals surface area contributed by atoms with Crippen LogP contribution in [0.5, 0.6) is 0 Å². The first-order valence-corrected chi connectivity index (χ1v) is 13.6. The van der Waals surface area contributed by atoms with Crippen molar-refractivity contribution in [2.24, 2.45) is 45.3 Å². The molecule has 182 valence electrons. The van der Waals surface area contributed by atoms with Gasteiger partial charge in [0.2, 0.25) is 0 Å². The van der Waals surface area contributed by atoms with Crippen molar-refractivity contribution < 1.29 is 9.90 Å². The molecule has 0 amide bonds. The van der Waals surface area contributed by atoms with Crippen LogP contribution in [-0.2, 0) is 4.79 Å². The molecule has 2 unspecified atom stereocenters. The molecule has 4 aliphatic rings. The third kappa shape index (κ3) is 3.32. The molecule has 0 bridgehead atoms. The number of rotatable bonds is 4. The molecule has 1 N–H and O–H groups in total. The van der Waals surface area contributed by atoms with Gasteiger partial charge in [0.25, 0.3) is 0 Å². The molecule has 4 aliphatic carbocycles. The second-order valence-electron chi connectivity index (χ2n) is 14.1. The summed E-state index contributed by atoms with van der Waals surface area (Å²) in [5.74, 6) is 2.78. The van der Waals surface area contributed by atoms with E-state index >= 15 is 0 Å². The first kappa shape index (κ1) is 24.5. The monoisotopic (exact) mass is 442 g/mol. The Hall–Kier alpha value is -0.630. The zero-order chi connectivity index (χ0) is 23.7. The highest BCUT2D eigenvalue weighted by molar-refractivity contribution is 5.85. The SMILES string of the molecule is CC(C)=CCC[C@](C)(O)[C@H]1CC[C@@]2(C)C1CC[C@@H]1[C@@]3(C)CCC(=O)C(C)(C)C3CC[C@]12C. The number of carbonyl (C=O) groups excluding carboxylic acids is 1. The molecular formula is C30H50O2. The summed E-state index contributed by atoms with van der Waals surface area (Å²) < 4.78 is 0. The Morgan fingerprint density at radius 3 is 2.28 bits per heavy atom. The Kier molecular flexibility index (Phi) is 5.89. The molecule has 0 aromatic carbocycles. The maximum atomic E-state index is 12.8. The molecule has 4 rings (SSSR count). The molecule has 8 atom stereocenters. The van der Waals surface area contributed by atoms with E-state index in [0.717, 1.165) is 25.7 Å². The summed E-state index contributed by atoms with van der Waals surface area (Å²) in [6.45, 7) is 18.7. The van der Waals surface area contributed by atoms with E-state index in [1.54, 1.807) is 0 Å². The van der Waals surface area contributed by atoms with E-state index in [-0.39, 0.29) is 10.8 Å². The number of hydrogen-bond acceptors (Lipinski definition) is 2. The number of hydrogen-bond donors (Lipinski definition) is 1. The van der Waals surface area contributed by atoms with Crippen LogP contribution in [0.2, 0.25) is 0 Å². The summed E-state index contributed by atoms with van der Waals surface area (Å²) >= 11 is 0. The zero-order valence-electron chi connectivity index (χ0n) is 22.3. The summed E-state index contributed by atoms with van der Waals surface area (Å²) in [6, 6.07) is 0. The van der Waals surface area contributed by atoms with E-state index in [4.69, 9.17) is 0 Å². The summed E-state index contributed by atoms with van der Waals surface area (Å²) in [5.41, 5.74) is 1.52. The van der Waals surface area contributed by atoms with Crippen LogP contribution < -0.4 is 0 Å². The van der Waals surface area contributed by atoms with Crippen LogP contribution in [0.25, 0.3) is 0 Å². The molecule has 4 saturated carbocycles. The largest absolute Gasteiger partial charge is 0.390 e. The van der Waals surface area contributed by atoms with Crippen molar-refractivity contribution in [3.8, 4) is 0 Å². The molecule has 0 spiro atoms. The molecule has 32 heavy (non-hydrogen) atoms. The van der Waals surface area contributed by atoms with Gasteiger partial charge in [-0.05, 0) is 118 Å². The lowest BCUT2D eigenvalue weighted by atomic mass is 9.35. The van der Waals surface area contributed by atoms with Crippen molar-refractivity contribution >= 4 is 5.78 Å². The molecule has 2 nitrogen and oxygen atoms in total. The van der Waals surface area contributed by atoms with Crippen LogP contribution in [0.1, 0.15) is 120 Å². The van der Waals surface area contributed by atoms with E-state index in [1.165, 1.54) is 44.1 Å². The van der Waals surface area contributed by atoms with Crippen LogP contribution in [-0.4, -0.2) is 16.5 Å². The maximum absolute atomic E-state index is 12.8. The predicted octanol–water partition coefficient (Wildman–Crippen LogP) is 7.74. The quantitative estimate of drug-likeness (QED) is 0.452. The fraction of sp³-hybridized carbons (Fsp3) is 0.900. The second-order valence-corrected chi connectivity index (χ2v) is 14.1. The van der Waals surface area contributed by atoms with Crippen molar-refractivity contribution in [2.75, 3.05) is 0 Å². The Morgan fingerprint density at radius 2 is 1.62 bits per heavy atom. The van der Waals surface area contributed by atoms with Gasteiger partial charge in [-0.2, -0.15) is 0 Å². The Labute approximate surface area is 198 Å². The summed E-state index contributed by atoms with van der Waals surface area (Å²) in [7, 11) is 0. The van der Waals surface area contributed by atoms with E-state index in [1.807, 2.05) is 0 Å². The fourth-order valence-electron chi connectivity index (χ4n) is 10.1. The zero-order valence-corrected chi connectivity index (χ0v) is 22.3. The summed E-state index contributed by atoms with van der Waals surface area (Å²) in [4.78, 5) is 12.8. The summed E-state index contributed by atoms with van der Waals surface area (Å²) in [6.07, 6.45) is 13.5. The van der Waals surface area contributed by atoms with Crippen LogP contribution in [0.3, 0.4) is 0 Å². The number of allylic oxidation sites excluding steroid dienone is 2. The maximum Gasteiger partial charge on any atom is 0.138 e. The van der Waals surface area contributed by atoms with Gasteiger partial charge in [0.05, 0.1) is 5.60 Å².